The highest BCUT2D eigenvalue weighted by Crippen LogP contribution is 2.33. The second kappa shape index (κ2) is 7.77. The van der Waals surface area contributed by atoms with Gasteiger partial charge in [-0.05, 0) is 66.3 Å². The van der Waals surface area contributed by atoms with E-state index >= 15 is 0 Å². The van der Waals surface area contributed by atoms with Crippen molar-refractivity contribution in [3.05, 3.63) is 81.3 Å². The van der Waals surface area contributed by atoms with Gasteiger partial charge < -0.3 is 0 Å². The monoisotopic (exact) mass is 449 g/mol. The predicted molar refractivity (Wildman–Crippen MR) is 129 cm³/mol. The molecule has 0 fully saturated rings. The fourth-order valence-electron chi connectivity index (χ4n) is 4.37. The van der Waals surface area contributed by atoms with E-state index in [1.54, 1.807) is 41.7 Å². The van der Waals surface area contributed by atoms with Crippen LogP contribution in [0.1, 0.15) is 30.2 Å². The summed E-state index contributed by atoms with van der Waals surface area (Å²) in [4.78, 5) is 14.4. The Hall–Kier alpha value is -2.70. The SMILES string of the molecule is CCC1CCc2c(sc3cc(NS(=O)(=O)c4ccc5ccccc5c4)ccc3c2=O)C1. The van der Waals surface area contributed by atoms with E-state index in [1.807, 2.05) is 30.3 Å². The topological polar surface area (TPSA) is 63.2 Å². The van der Waals surface area contributed by atoms with Crippen LogP contribution in [0.15, 0.2) is 70.4 Å². The van der Waals surface area contributed by atoms with Gasteiger partial charge in [-0.25, -0.2) is 8.42 Å². The fraction of sp³-hybridized carbons (Fsp3) is 0.240. The van der Waals surface area contributed by atoms with Gasteiger partial charge in [-0.1, -0.05) is 43.7 Å². The van der Waals surface area contributed by atoms with Crippen LogP contribution in [-0.2, 0) is 22.9 Å². The number of rotatable bonds is 4. The fourth-order valence-corrected chi connectivity index (χ4v) is 6.81. The van der Waals surface area contributed by atoms with E-state index in [1.165, 1.54) is 0 Å². The first-order valence-corrected chi connectivity index (χ1v) is 12.8. The van der Waals surface area contributed by atoms with Gasteiger partial charge in [0.05, 0.1) is 10.6 Å². The lowest BCUT2D eigenvalue weighted by molar-refractivity contribution is 0.448. The van der Waals surface area contributed by atoms with Crippen molar-refractivity contribution in [2.75, 3.05) is 4.72 Å². The highest BCUT2D eigenvalue weighted by molar-refractivity contribution is 7.92. The molecule has 1 aliphatic carbocycles. The van der Waals surface area contributed by atoms with Crippen LogP contribution >= 0.6 is 11.3 Å². The molecule has 0 amide bonds. The number of nitrogens with one attached hydrogen (secondary N) is 1. The van der Waals surface area contributed by atoms with Crippen molar-refractivity contribution in [1.29, 1.82) is 0 Å². The molecule has 158 valence electrons. The molecular formula is C25H23NO3S2. The average Bonchev–Trinajstić information content (AvgIpc) is 2.78. The molecule has 5 rings (SSSR count). The van der Waals surface area contributed by atoms with Gasteiger partial charge in [0.15, 0.2) is 5.43 Å². The van der Waals surface area contributed by atoms with Crippen LogP contribution in [0.3, 0.4) is 0 Å². The van der Waals surface area contributed by atoms with Gasteiger partial charge >= 0.3 is 0 Å². The number of benzene rings is 3. The van der Waals surface area contributed by atoms with E-state index < -0.39 is 10.0 Å². The lowest BCUT2D eigenvalue weighted by Crippen LogP contribution is -2.20. The summed E-state index contributed by atoms with van der Waals surface area (Å²) >= 11 is 1.63. The highest BCUT2D eigenvalue weighted by Gasteiger charge is 2.22. The van der Waals surface area contributed by atoms with Crippen molar-refractivity contribution in [2.24, 2.45) is 5.92 Å². The van der Waals surface area contributed by atoms with Gasteiger partial charge in [0.2, 0.25) is 0 Å². The van der Waals surface area contributed by atoms with E-state index in [4.69, 9.17) is 0 Å². The molecule has 6 heteroatoms. The van der Waals surface area contributed by atoms with Gasteiger partial charge in [0.1, 0.15) is 0 Å². The van der Waals surface area contributed by atoms with Crippen molar-refractivity contribution in [1.82, 2.24) is 0 Å². The lowest BCUT2D eigenvalue weighted by Gasteiger charge is -2.22. The summed E-state index contributed by atoms with van der Waals surface area (Å²) in [5, 5.41) is 2.54. The molecule has 1 atom stereocenters. The van der Waals surface area contributed by atoms with Gasteiger partial charge in [0, 0.05) is 20.5 Å². The standard InChI is InChI=1S/C25H23NO3S2/c1-2-16-7-11-21-23(13-16)30-24-15-19(9-12-22(24)25(21)27)26-31(28,29)20-10-8-17-5-3-4-6-18(17)14-20/h3-6,8-10,12,14-16,26H,2,7,11,13H2,1H3. The minimum atomic E-state index is -3.74. The molecule has 1 aromatic heterocycles. The Morgan fingerprint density at radius 1 is 1.03 bits per heavy atom. The second-order valence-corrected chi connectivity index (χ2v) is 11.0. The Bertz CT molecular complexity index is 1470. The van der Waals surface area contributed by atoms with Crippen LogP contribution in [0.5, 0.6) is 0 Å². The minimum Gasteiger partial charge on any atom is -0.289 e. The van der Waals surface area contributed by atoms with Gasteiger partial charge in [0.25, 0.3) is 10.0 Å². The smallest absolute Gasteiger partial charge is 0.261 e. The Balaban J connectivity index is 1.52. The molecule has 3 aromatic carbocycles. The molecule has 0 aliphatic heterocycles. The maximum Gasteiger partial charge on any atom is 0.261 e. The van der Waals surface area contributed by atoms with Crippen LogP contribution in [0.4, 0.5) is 5.69 Å². The summed E-state index contributed by atoms with van der Waals surface area (Å²) in [6.45, 7) is 2.19. The normalized spacial score (nSPS) is 16.4. The van der Waals surface area contributed by atoms with E-state index in [-0.39, 0.29) is 10.3 Å². The first-order chi connectivity index (χ1) is 14.9. The molecule has 0 saturated heterocycles. The van der Waals surface area contributed by atoms with Crippen molar-refractivity contribution in [3.63, 3.8) is 0 Å². The largest absolute Gasteiger partial charge is 0.289 e. The quantitative estimate of drug-likeness (QED) is 0.433. The molecule has 4 aromatic rings. The molecule has 31 heavy (non-hydrogen) atoms. The van der Waals surface area contributed by atoms with Crippen molar-refractivity contribution < 1.29 is 8.42 Å². The number of fused-ring (bicyclic) bond motifs is 3. The molecule has 1 unspecified atom stereocenters. The first kappa shape index (κ1) is 20.2. The zero-order valence-corrected chi connectivity index (χ0v) is 18.9. The maximum atomic E-state index is 13.0. The lowest BCUT2D eigenvalue weighted by atomic mass is 9.87. The zero-order valence-electron chi connectivity index (χ0n) is 17.2. The summed E-state index contributed by atoms with van der Waals surface area (Å²) in [5.74, 6) is 0.621. The summed E-state index contributed by atoms with van der Waals surface area (Å²) < 4.78 is 29.5. The third-order valence-electron chi connectivity index (χ3n) is 6.21. The Labute approximate surface area is 185 Å². The second-order valence-electron chi connectivity index (χ2n) is 8.18. The third kappa shape index (κ3) is 3.75. The Morgan fingerprint density at radius 3 is 2.65 bits per heavy atom. The summed E-state index contributed by atoms with van der Waals surface area (Å²) in [5.41, 5.74) is 1.52. The van der Waals surface area contributed by atoms with Crippen molar-refractivity contribution in [2.45, 2.75) is 37.5 Å². The molecule has 1 N–H and O–H groups in total. The molecule has 0 spiro atoms. The number of sulfonamides is 1. The average molecular weight is 450 g/mol. The van der Waals surface area contributed by atoms with E-state index in [0.29, 0.717) is 17.0 Å². The molecule has 0 radical (unpaired) electrons. The van der Waals surface area contributed by atoms with Gasteiger partial charge in [-0.3, -0.25) is 9.52 Å². The zero-order chi connectivity index (χ0) is 21.6. The molecule has 4 nitrogen and oxygen atoms in total. The van der Waals surface area contributed by atoms with Crippen LogP contribution in [0.2, 0.25) is 0 Å². The third-order valence-corrected chi connectivity index (χ3v) is 8.80. The number of hydrogen-bond donors (Lipinski definition) is 1. The van der Waals surface area contributed by atoms with Crippen LogP contribution in [-0.4, -0.2) is 8.42 Å². The van der Waals surface area contributed by atoms with Gasteiger partial charge in [-0.2, -0.15) is 0 Å². The van der Waals surface area contributed by atoms with Crippen molar-refractivity contribution in [3.8, 4) is 0 Å². The van der Waals surface area contributed by atoms with E-state index in [2.05, 4.69) is 11.6 Å². The summed E-state index contributed by atoms with van der Waals surface area (Å²) in [7, 11) is -3.74. The number of anilines is 1. The highest BCUT2D eigenvalue weighted by atomic mass is 32.2. The van der Waals surface area contributed by atoms with Crippen molar-refractivity contribution >= 4 is 47.9 Å². The Morgan fingerprint density at radius 2 is 1.84 bits per heavy atom. The first-order valence-electron chi connectivity index (χ1n) is 10.5. The Kier molecular flexibility index (Phi) is 5.07. The maximum absolute atomic E-state index is 13.0. The minimum absolute atomic E-state index is 0.0993. The molecule has 1 heterocycles. The molecule has 0 bridgehead atoms. The van der Waals surface area contributed by atoms with Crippen LogP contribution < -0.4 is 10.2 Å². The van der Waals surface area contributed by atoms with Crippen LogP contribution in [0, 0.1) is 5.92 Å². The molecule has 0 saturated carbocycles. The summed E-state index contributed by atoms with van der Waals surface area (Å²) in [6, 6.07) is 18.0. The summed E-state index contributed by atoms with van der Waals surface area (Å²) in [6.07, 6.45) is 3.97. The predicted octanol–water partition coefficient (Wildman–Crippen LogP) is 5.73. The van der Waals surface area contributed by atoms with E-state index in [9.17, 15) is 13.2 Å². The van der Waals surface area contributed by atoms with Gasteiger partial charge in [-0.15, -0.1) is 11.3 Å². The van der Waals surface area contributed by atoms with E-state index in [0.717, 1.165) is 51.6 Å². The number of hydrogen-bond acceptors (Lipinski definition) is 4. The van der Waals surface area contributed by atoms with Crippen LogP contribution in [0.25, 0.3) is 20.9 Å². The molecular weight excluding hydrogens is 426 g/mol. The molecule has 1 aliphatic rings.